The van der Waals surface area contributed by atoms with Crippen molar-refractivity contribution in [2.24, 2.45) is 0 Å². The summed E-state index contributed by atoms with van der Waals surface area (Å²) in [6.07, 6.45) is 1.09. The first-order valence-corrected chi connectivity index (χ1v) is 9.46. The van der Waals surface area contributed by atoms with Gasteiger partial charge in [-0.2, -0.15) is 0 Å². The van der Waals surface area contributed by atoms with Crippen LogP contribution < -0.4 is 15.1 Å². The molecule has 1 aromatic heterocycles. The molecule has 152 valence electrons. The molecule has 29 heavy (non-hydrogen) atoms. The van der Waals surface area contributed by atoms with Crippen molar-refractivity contribution >= 4 is 29.2 Å². The number of likely N-dealkylation sites (N-methyl/N-ethyl adjacent to an activating group) is 1. The van der Waals surface area contributed by atoms with Gasteiger partial charge in [-0.3, -0.25) is 9.69 Å². The number of amides is 2. The molecular formula is C20H22FN5O3. The molecule has 1 N–H and O–H groups in total. The second-order valence-electron chi connectivity index (χ2n) is 7.08. The van der Waals surface area contributed by atoms with Crippen LogP contribution in [0.1, 0.15) is 10.4 Å². The van der Waals surface area contributed by atoms with E-state index >= 15 is 0 Å². The fraction of sp³-hybridized carbons (Fsp3) is 0.350. The smallest absolute Gasteiger partial charge is 0.414 e. The van der Waals surface area contributed by atoms with Crippen LogP contribution in [0.4, 0.5) is 26.4 Å². The minimum absolute atomic E-state index is 0.00478. The highest BCUT2D eigenvalue weighted by Crippen LogP contribution is 2.26. The zero-order chi connectivity index (χ0) is 20.4. The molecule has 0 unspecified atom stereocenters. The van der Waals surface area contributed by atoms with E-state index in [9.17, 15) is 14.0 Å². The summed E-state index contributed by atoms with van der Waals surface area (Å²) in [7, 11) is 2.07. The maximum atomic E-state index is 14.3. The molecule has 4 rings (SSSR count). The predicted octanol–water partition coefficient (Wildman–Crippen LogP) is 2.18. The molecule has 2 saturated heterocycles. The zero-order valence-electron chi connectivity index (χ0n) is 16.1. The van der Waals surface area contributed by atoms with Crippen LogP contribution in [-0.4, -0.2) is 68.3 Å². The van der Waals surface area contributed by atoms with Gasteiger partial charge >= 0.3 is 6.09 Å². The van der Waals surface area contributed by atoms with Crippen molar-refractivity contribution in [1.29, 1.82) is 0 Å². The van der Waals surface area contributed by atoms with Crippen molar-refractivity contribution in [3.63, 3.8) is 0 Å². The lowest BCUT2D eigenvalue weighted by atomic mass is 10.2. The van der Waals surface area contributed by atoms with Crippen LogP contribution in [0, 0.1) is 5.82 Å². The Morgan fingerprint density at radius 2 is 1.93 bits per heavy atom. The monoisotopic (exact) mass is 399 g/mol. The van der Waals surface area contributed by atoms with Crippen LogP contribution in [0.5, 0.6) is 0 Å². The number of nitrogens with one attached hydrogen (secondary N) is 1. The quantitative estimate of drug-likeness (QED) is 0.849. The first-order chi connectivity index (χ1) is 14.0. The maximum Gasteiger partial charge on any atom is 0.414 e. The summed E-state index contributed by atoms with van der Waals surface area (Å²) < 4.78 is 19.2. The Labute approximate surface area is 167 Å². The second kappa shape index (κ2) is 8.04. The molecule has 9 heteroatoms. The number of rotatable bonds is 4. The Hall–Kier alpha value is -3.20. The Morgan fingerprint density at radius 1 is 1.14 bits per heavy atom. The van der Waals surface area contributed by atoms with E-state index in [0.29, 0.717) is 17.8 Å². The molecule has 2 amide bonds. The van der Waals surface area contributed by atoms with Crippen molar-refractivity contribution in [3.05, 3.63) is 47.9 Å². The van der Waals surface area contributed by atoms with Crippen LogP contribution in [0.3, 0.4) is 0 Å². The Balaban J connectivity index is 1.51. The third-order valence-corrected chi connectivity index (χ3v) is 5.11. The van der Waals surface area contributed by atoms with Crippen LogP contribution in [0.25, 0.3) is 0 Å². The van der Waals surface area contributed by atoms with Crippen molar-refractivity contribution in [2.75, 3.05) is 61.5 Å². The number of hydrogen-bond donors (Lipinski definition) is 1. The number of ether oxygens (including phenoxy) is 1. The van der Waals surface area contributed by atoms with Gasteiger partial charge in [0.25, 0.3) is 5.91 Å². The SMILES string of the molecule is CN1CCN(c2cc(C(=O)Nc3cc(N4CCOC4=O)ccc3F)ccn2)CC1. The van der Waals surface area contributed by atoms with E-state index in [2.05, 4.69) is 27.1 Å². The van der Waals surface area contributed by atoms with Gasteiger partial charge in [-0.1, -0.05) is 0 Å². The second-order valence-corrected chi connectivity index (χ2v) is 7.08. The van der Waals surface area contributed by atoms with Crippen molar-refractivity contribution < 1.29 is 18.7 Å². The molecule has 0 atom stereocenters. The summed E-state index contributed by atoms with van der Waals surface area (Å²) in [5, 5.41) is 2.60. The Kier molecular flexibility index (Phi) is 5.30. The lowest BCUT2D eigenvalue weighted by Crippen LogP contribution is -2.44. The molecule has 0 saturated carbocycles. The highest BCUT2D eigenvalue weighted by atomic mass is 19.1. The molecule has 2 aliphatic rings. The largest absolute Gasteiger partial charge is 0.447 e. The van der Waals surface area contributed by atoms with Gasteiger partial charge in [-0.15, -0.1) is 0 Å². The van der Waals surface area contributed by atoms with Gasteiger partial charge in [-0.25, -0.2) is 14.2 Å². The number of anilines is 3. The van der Waals surface area contributed by atoms with E-state index < -0.39 is 17.8 Å². The number of hydrogen-bond acceptors (Lipinski definition) is 6. The lowest BCUT2D eigenvalue weighted by molar-refractivity contribution is 0.102. The third-order valence-electron chi connectivity index (χ3n) is 5.11. The minimum atomic E-state index is -0.581. The zero-order valence-corrected chi connectivity index (χ0v) is 16.1. The maximum absolute atomic E-state index is 14.3. The van der Waals surface area contributed by atoms with Gasteiger partial charge in [0.1, 0.15) is 18.2 Å². The molecule has 2 aliphatic heterocycles. The number of cyclic esters (lactones) is 1. The van der Waals surface area contributed by atoms with Gasteiger partial charge in [-0.05, 0) is 37.4 Å². The van der Waals surface area contributed by atoms with E-state index in [4.69, 9.17) is 4.74 Å². The molecule has 0 spiro atoms. The normalized spacial score (nSPS) is 17.4. The van der Waals surface area contributed by atoms with E-state index in [-0.39, 0.29) is 12.3 Å². The molecular weight excluding hydrogens is 377 g/mol. The number of piperazine rings is 1. The van der Waals surface area contributed by atoms with Crippen molar-refractivity contribution in [1.82, 2.24) is 9.88 Å². The number of pyridine rings is 1. The standard InChI is InChI=1S/C20H22FN5O3/c1-24-6-8-25(9-7-24)18-12-14(4-5-22-18)19(27)23-17-13-15(2-3-16(17)21)26-10-11-29-20(26)28/h2-5,12-13H,6-11H2,1H3,(H,23,27). The van der Waals surface area contributed by atoms with Crippen LogP contribution in [0.15, 0.2) is 36.5 Å². The molecule has 2 aromatic rings. The fourth-order valence-corrected chi connectivity index (χ4v) is 3.37. The minimum Gasteiger partial charge on any atom is -0.447 e. The van der Waals surface area contributed by atoms with E-state index in [0.717, 1.165) is 32.0 Å². The number of carbonyl (C=O) groups is 2. The number of benzene rings is 1. The van der Waals surface area contributed by atoms with Crippen molar-refractivity contribution in [3.8, 4) is 0 Å². The summed E-state index contributed by atoms with van der Waals surface area (Å²) in [6, 6.07) is 7.44. The number of aromatic nitrogens is 1. The molecule has 0 bridgehead atoms. The summed E-state index contributed by atoms with van der Waals surface area (Å²) in [5.41, 5.74) is 0.863. The summed E-state index contributed by atoms with van der Waals surface area (Å²) >= 11 is 0. The van der Waals surface area contributed by atoms with Crippen LogP contribution in [0.2, 0.25) is 0 Å². The number of carbonyl (C=O) groups excluding carboxylic acids is 2. The van der Waals surface area contributed by atoms with E-state index in [1.165, 1.54) is 23.1 Å². The molecule has 3 heterocycles. The summed E-state index contributed by atoms with van der Waals surface area (Å²) in [6.45, 7) is 4.18. The first kappa shape index (κ1) is 19.1. The van der Waals surface area contributed by atoms with Gasteiger partial charge in [0.05, 0.1) is 12.2 Å². The highest BCUT2D eigenvalue weighted by molar-refractivity contribution is 6.05. The molecule has 0 radical (unpaired) electrons. The molecule has 0 aliphatic carbocycles. The van der Waals surface area contributed by atoms with Crippen LogP contribution >= 0.6 is 0 Å². The highest BCUT2D eigenvalue weighted by Gasteiger charge is 2.24. The topological polar surface area (TPSA) is 78.0 Å². The lowest BCUT2D eigenvalue weighted by Gasteiger charge is -2.33. The Morgan fingerprint density at radius 3 is 2.66 bits per heavy atom. The summed E-state index contributed by atoms with van der Waals surface area (Å²) in [4.78, 5) is 34.6. The molecule has 2 fully saturated rings. The summed E-state index contributed by atoms with van der Waals surface area (Å²) in [5.74, 6) is -0.300. The number of nitrogens with zero attached hydrogens (tertiary/aromatic N) is 4. The third kappa shape index (κ3) is 4.14. The fourth-order valence-electron chi connectivity index (χ4n) is 3.37. The number of halogens is 1. The van der Waals surface area contributed by atoms with Gasteiger partial charge < -0.3 is 19.9 Å². The molecule has 8 nitrogen and oxygen atoms in total. The van der Waals surface area contributed by atoms with Gasteiger partial charge in [0.15, 0.2) is 0 Å². The average Bonchev–Trinajstić information content (AvgIpc) is 3.16. The predicted molar refractivity (Wildman–Crippen MR) is 107 cm³/mol. The van der Waals surface area contributed by atoms with E-state index in [1.807, 2.05) is 0 Å². The van der Waals surface area contributed by atoms with Crippen LogP contribution in [-0.2, 0) is 4.74 Å². The average molecular weight is 399 g/mol. The van der Waals surface area contributed by atoms with Gasteiger partial charge in [0.2, 0.25) is 0 Å². The van der Waals surface area contributed by atoms with E-state index in [1.54, 1.807) is 18.3 Å². The van der Waals surface area contributed by atoms with Crippen molar-refractivity contribution in [2.45, 2.75) is 0 Å². The van der Waals surface area contributed by atoms with Gasteiger partial charge in [0, 0.05) is 43.6 Å². The first-order valence-electron chi connectivity index (χ1n) is 9.46. The molecule has 1 aromatic carbocycles. The Bertz CT molecular complexity index is 930.